The SMILES string of the molecule is O=C(CC(c1ccccc1)c1ccccc1)Nc1cccc(NC(=O)c2ccco2)c1. The lowest BCUT2D eigenvalue weighted by atomic mass is 9.88. The topological polar surface area (TPSA) is 71.3 Å². The first-order valence-electron chi connectivity index (χ1n) is 10.0. The van der Waals surface area contributed by atoms with Gasteiger partial charge in [0.1, 0.15) is 0 Å². The average Bonchev–Trinajstić information content (AvgIpc) is 3.34. The second-order valence-electron chi connectivity index (χ2n) is 7.14. The second kappa shape index (κ2) is 9.59. The Kier molecular flexibility index (Phi) is 6.24. The smallest absolute Gasteiger partial charge is 0.291 e. The van der Waals surface area contributed by atoms with Gasteiger partial charge in [-0.2, -0.15) is 0 Å². The largest absolute Gasteiger partial charge is 0.459 e. The quantitative estimate of drug-likeness (QED) is 0.411. The van der Waals surface area contributed by atoms with Gasteiger partial charge in [-0.05, 0) is 41.5 Å². The molecule has 0 atom stereocenters. The molecule has 0 bridgehead atoms. The van der Waals surface area contributed by atoms with Gasteiger partial charge < -0.3 is 15.1 Å². The minimum absolute atomic E-state index is 0.0516. The van der Waals surface area contributed by atoms with Crippen molar-refractivity contribution in [3.63, 3.8) is 0 Å². The number of hydrogen-bond acceptors (Lipinski definition) is 3. The number of hydrogen-bond donors (Lipinski definition) is 2. The van der Waals surface area contributed by atoms with Crippen molar-refractivity contribution in [2.75, 3.05) is 10.6 Å². The molecule has 154 valence electrons. The number of nitrogens with one attached hydrogen (secondary N) is 2. The summed E-state index contributed by atoms with van der Waals surface area (Å²) in [5, 5.41) is 5.71. The van der Waals surface area contributed by atoms with Crippen LogP contribution in [0.25, 0.3) is 0 Å². The molecule has 0 saturated heterocycles. The molecule has 0 unspecified atom stereocenters. The molecule has 31 heavy (non-hydrogen) atoms. The highest BCUT2D eigenvalue weighted by Crippen LogP contribution is 2.28. The first-order valence-corrected chi connectivity index (χ1v) is 10.0. The molecule has 0 aliphatic carbocycles. The average molecular weight is 410 g/mol. The summed E-state index contributed by atoms with van der Waals surface area (Å²) >= 11 is 0. The molecule has 4 aromatic rings. The number of rotatable bonds is 7. The molecule has 0 spiro atoms. The van der Waals surface area contributed by atoms with Crippen molar-refractivity contribution in [1.82, 2.24) is 0 Å². The first kappa shape index (κ1) is 20.2. The lowest BCUT2D eigenvalue weighted by Crippen LogP contribution is -2.17. The van der Waals surface area contributed by atoms with Crippen LogP contribution in [0, 0.1) is 0 Å². The lowest BCUT2D eigenvalue weighted by molar-refractivity contribution is -0.116. The Hall–Kier alpha value is -4.12. The zero-order valence-corrected chi connectivity index (χ0v) is 16.8. The highest BCUT2D eigenvalue weighted by Gasteiger charge is 2.18. The van der Waals surface area contributed by atoms with E-state index in [1.165, 1.54) is 6.26 Å². The third-order valence-corrected chi connectivity index (χ3v) is 4.94. The first-order chi connectivity index (χ1) is 15.2. The molecular weight excluding hydrogens is 388 g/mol. The van der Waals surface area contributed by atoms with Crippen molar-refractivity contribution in [2.24, 2.45) is 0 Å². The van der Waals surface area contributed by atoms with Gasteiger partial charge in [0.2, 0.25) is 5.91 Å². The van der Waals surface area contributed by atoms with Crippen molar-refractivity contribution in [3.8, 4) is 0 Å². The molecule has 5 heteroatoms. The fourth-order valence-corrected chi connectivity index (χ4v) is 3.47. The number of amides is 2. The van der Waals surface area contributed by atoms with Crippen LogP contribution in [0.2, 0.25) is 0 Å². The van der Waals surface area contributed by atoms with E-state index in [-0.39, 0.29) is 23.5 Å². The molecule has 0 fully saturated rings. The Bertz CT molecular complexity index is 1100. The van der Waals surface area contributed by atoms with Crippen molar-refractivity contribution >= 4 is 23.2 Å². The Balaban J connectivity index is 1.46. The molecule has 2 N–H and O–H groups in total. The maximum absolute atomic E-state index is 12.9. The van der Waals surface area contributed by atoms with Crippen LogP contribution in [0.15, 0.2) is 108 Å². The molecular formula is C26H22N2O3. The van der Waals surface area contributed by atoms with Crippen molar-refractivity contribution in [1.29, 1.82) is 0 Å². The van der Waals surface area contributed by atoms with E-state index in [0.717, 1.165) is 11.1 Å². The van der Waals surface area contributed by atoms with E-state index in [0.29, 0.717) is 17.8 Å². The van der Waals surface area contributed by atoms with E-state index in [9.17, 15) is 9.59 Å². The van der Waals surface area contributed by atoms with Gasteiger partial charge in [-0.15, -0.1) is 0 Å². The Labute approximate surface area is 180 Å². The number of furan rings is 1. The maximum Gasteiger partial charge on any atom is 0.291 e. The highest BCUT2D eigenvalue weighted by atomic mass is 16.3. The summed E-state index contributed by atoms with van der Waals surface area (Å²) in [5.74, 6) is -0.277. The molecule has 0 radical (unpaired) electrons. The number of carbonyl (C=O) groups excluding carboxylic acids is 2. The summed E-state index contributed by atoms with van der Waals surface area (Å²) in [5.41, 5.74) is 3.36. The number of benzene rings is 3. The third-order valence-electron chi connectivity index (χ3n) is 4.94. The van der Waals surface area contributed by atoms with Gasteiger partial charge in [0.05, 0.1) is 6.26 Å². The van der Waals surface area contributed by atoms with Crippen LogP contribution in [-0.2, 0) is 4.79 Å². The maximum atomic E-state index is 12.9. The summed E-state index contributed by atoms with van der Waals surface area (Å²) in [6.45, 7) is 0. The van der Waals surface area contributed by atoms with Gasteiger partial charge in [0.15, 0.2) is 5.76 Å². The molecule has 0 aliphatic rings. The Morgan fingerprint density at radius 3 is 1.90 bits per heavy atom. The minimum atomic E-state index is -0.346. The monoisotopic (exact) mass is 410 g/mol. The summed E-state index contributed by atoms with van der Waals surface area (Å²) in [4.78, 5) is 25.1. The van der Waals surface area contributed by atoms with Gasteiger partial charge in [-0.3, -0.25) is 9.59 Å². The van der Waals surface area contributed by atoms with E-state index in [1.807, 2.05) is 60.7 Å². The van der Waals surface area contributed by atoms with Crippen LogP contribution < -0.4 is 10.6 Å². The Morgan fingerprint density at radius 1 is 0.710 bits per heavy atom. The fourth-order valence-electron chi connectivity index (χ4n) is 3.47. The predicted octanol–water partition coefficient (Wildman–Crippen LogP) is 5.69. The van der Waals surface area contributed by atoms with Crippen LogP contribution >= 0.6 is 0 Å². The van der Waals surface area contributed by atoms with Gasteiger partial charge in [-0.25, -0.2) is 0 Å². The van der Waals surface area contributed by atoms with E-state index < -0.39 is 0 Å². The summed E-state index contributed by atoms with van der Waals surface area (Å²) in [6.07, 6.45) is 1.75. The molecule has 5 nitrogen and oxygen atoms in total. The van der Waals surface area contributed by atoms with Gasteiger partial charge in [-0.1, -0.05) is 66.7 Å². The minimum Gasteiger partial charge on any atom is -0.459 e. The highest BCUT2D eigenvalue weighted by molar-refractivity contribution is 6.02. The predicted molar refractivity (Wildman–Crippen MR) is 121 cm³/mol. The third kappa shape index (κ3) is 5.28. The zero-order chi connectivity index (χ0) is 21.5. The molecule has 4 rings (SSSR count). The molecule has 1 heterocycles. The van der Waals surface area contributed by atoms with E-state index in [2.05, 4.69) is 10.6 Å². The van der Waals surface area contributed by atoms with Crippen molar-refractivity contribution < 1.29 is 14.0 Å². The molecule has 3 aromatic carbocycles. The normalized spacial score (nSPS) is 10.6. The fraction of sp³-hybridized carbons (Fsp3) is 0.0769. The van der Waals surface area contributed by atoms with Crippen LogP contribution in [0.3, 0.4) is 0 Å². The van der Waals surface area contributed by atoms with Crippen molar-refractivity contribution in [3.05, 3.63) is 120 Å². The number of anilines is 2. The second-order valence-corrected chi connectivity index (χ2v) is 7.14. The summed E-state index contributed by atoms with van der Waals surface area (Å²) in [6, 6.07) is 30.3. The van der Waals surface area contributed by atoms with Crippen LogP contribution in [0.5, 0.6) is 0 Å². The van der Waals surface area contributed by atoms with Crippen LogP contribution in [-0.4, -0.2) is 11.8 Å². The summed E-state index contributed by atoms with van der Waals surface area (Å²) in [7, 11) is 0. The Morgan fingerprint density at radius 2 is 1.32 bits per heavy atom. The van der Waals surface area contributed by atoms with Gasteiger partial charge in [0, 0.05) is 23.7 Å². The van der Waals surface area contributed by atoms with E-state index >= 15 is 0 Å². The van der Waals surface area contributed by atoms with Gasteiger partial charge >= 0.3 is 0 Å². The molecule has 0 aliphatic heterocycles. The number of carbonyl (C=O) groups is 2. The molecule has 2 amide bonds. The summed E-state index contributed by atoms with van der Waals surface area (Å²) < 4.78 is 5.11. The lowest BCUT2D eigenvalue weighted by Gasteiger charge is -2.18. The molecule has 0 saturated carbocycles. The van der Waals surface area contributed by atoms with Gasteiger partial charge in [0.25, 0.3) is 5.91 Å². The van der Waals surface area contributed by atoms with Crippen LogP contribution in [0.1, 0.15) is 34.0 Å². The van der Waals surface area contributed by atoms with E-state index in [4.69, 9.17) is 4.42 Å². The van der Waals surface area contributed by atoms with E-state index in [1.54, 1.807) is 36.4 Å². The van der Waals surface area contributed by atoms with Crippen LogP contribution in [0.4, 0.5) is 11.4 Å². The zero-order valence-electron chi connectivity index (χ0n) is 16.8. The van der Waals surface area contributed by atoms with Crippen molar-refractivity contribution in [2.45, 2.75) is 12.3 Å². The standard InChI is InChI=1S/C26H22N2O3/c29-25(18-23(19-9-3-1-4-10-19)20-11-5-2-6-12-20)27-21-13-7-14-22(17-21)28-26(30)24-15-8-16-31-24/h1-17,23H,18H2,(H,27,29)(H,28,30). The molecule has 1 aromatic heterocycles.